The molecule has 1 aliphatic carbocycles. The van der Waals surface area contributed by atoms with E-state index < -0.39 is 0 Å². The zero-order valence-electron chi connectivity index (χ0n) is 10.0. The van der Waals surface area contributed by atoms with Crippen molar-refractivity contribution < 1.29 is 14.6 Å². The van der Waals surface area contributed by atoms with Gasteiger partial charge in [0.1, 0.15) is 0 Å². The lowest BCUT2D eigenvalue weighted by Crippen LogP contribution is -2.40. The van der Waals surface area contributed by atoms with Gasteiger partial charge in [-0.1, -0.05) is 0 Å². The topological polar surface area (TPSA) is 49.8 Å². The van der Waals surface area contributed by atoms with Gasteiger partial charge in [0.25, 0.3) is 0 Å². The van der Waals surface area contributed by atoms with E-state index in [0.717, 1.165) is 25.1 Å². The minimum absolute atomic E-state index is 0.135. The van der Waals surface area contributed by atoms with Crippen LogP contribution in [-0.4, -0.2) is 60.8 Å². The first kappa shape index (κ1) is 13.8. The number of ether oxygens (including phenoxy) is 1. The second-order valence-electron chi connectivity index (χ2n) is 4.31. The number of rotatable bonds is 7. The third-order valence-corrected chi connectivity index (χ3v) is 3.73. The highest BCUT2D eigenvalue weighted by Gasteiger charge is 2.28. The Balaban J connectivity index is 2.06. The van der Waals surface area contributed by atoms with Crippen LogP contribution in [0.3, 0.4) is 0 Å². The van der Waals surface area contributed by atoms with Crippen LogP contribution in [-0.2, 0) is 9.53 Å². The molecule has 1 fully saturated rings. The zero-order chi connectivity index (χ0) is 12.0. The lowest BCUT2D eigenvalue weighted by atomic mass is 9.82. The molecule has 0 saturated heterocycles. The Morgan fingerprint density at radius 2 is 2.25 bits per heavy atom. The largest absolute Gasteiger partial charge is 0.393 e. The number of methoxy groups -OCH3 is 1. The zero-order valence-corrected chi connectivity index (χ0v) is 10.8. The molecule has 0 radical (unpaired) electrons. The van der Waals surface area contributed by atoms with Crippen molar-refractivity contribution in [1.82, 2.24) is 4.90 Å². The molecular weight excluding hydrogens is 226 g/mol. The fraction of sp³-hybridized carbons (Fsp3) is 0.909. The average molecular weight is 247 g/mol. The Kier molecular flexibility index (Phi) is 6.16. The van der Waals surface area contributed by atoms with E-state index in [1.807, 2.05) is 7.05 Å². The molecule has 0 heterocycles. The molecule has 0 bridgehead atoms. The summed E-state index contributed by atoms with van der Waals surface area (Å²) in [5.41, 5.74) is 0. The van der Waals surface area contributed by atoms with Crippen LogP contribution in [0, 0.1) is 5.92 Å². The van der Waals surface area contributed by atoms with Gasteiger partial charge in [0.2, 0.25) is 5.91 Å². The highest BCUT2D eigenvalue weighted by Crippen LogP contribution is 2.27. The summed E-state index contributed by atoms with van der Waals surface area (Å²) in [6.45, 7) is 1.47. The number of carbonyl (C=O) groups is 1. The van der Waals surface area contributed by atoms with Gasteiger partial charge in [-0.2, -0.15) is 0 Å². The molecule has 0 aromatic heterocycles. The highest BCUT2D eigenvalue weighted by atomic mass is 32.2. The van der Waals surface area contributed by atoms with E-state index in [1.165, 1.54) is 0 Å². The Hall–Kier alpha value is -0.260. The summed E-state index contributed by atoms with van der Waals surface area (Å²) < 4.78 is 4.91. The van der Waals surface area contributed by atoms with Crippen molar-refractivity contribution in [1.29, 1.82) is 0 Å². The first-order chi connectivity index (χ1) is 7.63. The lowest BCUT2D eigenvalue weighted by molar-refractivity contribution is -0.128. The number of amides is 1. The summed E-state index contributed by atoms with van der Waals surface area (Å²) in [7, 11) is 3.50. The monoisotopic (exact) mass is 247 g/mol. The molecule has 5 heteroatoms. The number of carbonyl (C=O) groups excluding carboxylic acids is 1. The first-order valence-electron chi connectivity index (χ1n) is 5.62. The van der Waals surface area contributed by atoms with E-state index in [4.69, 9.17) is 9.84 Å². The van der Waals surface area contributed by atoms with Crippen molar-refractivity contribution in [3.8, 4) is 0 Å². The third kappa shape index (κ3) is 4.72. The second-order valence-corrected chi connectivity index (χ2v) is 5.42. The normalized spacial score (nSPS) is 23.9. The second kappa shape index (κ2) is 7.14. The average Bonchev–Trinajstić information content (AvgIpc) is 2.21. The number of thioether (sulfide) groups is 1. The van der Waals surface area contributed by atoms with Gasteiger partial charge in [-0.3, -0.25) is 4.79 Å². The summed E-state index contributed by atoms with van der Waals surface area (Å²) in [5.74, 6) is 2.04. The molecule has 94 valence electrons. The lowest BCUT2D eigenvalue weighted by Gasteiger charge is -2.34. The Bertz CT molecular complexity index is 219. The van der Waals surface area contributed by atoms with E-state index >= 15 is 0 Å². The van der Waals surface area contributed by atoms with Crippen LogP contribution in [0.4, 0.5) is 0 Å². The number of aliphatic hydroxyl groups excluding tert-OH is 1. The Morgan fingerprint density at radius 1 is 1.56 bits per heavy atom. The molecule has 1 saturated carbocycles. The number of nitrogens with zero attached hydrogens (tertiary/aromatic N) is 1. The summed E-state index contributed by atoms with van der Waals surface area (Å²) in [6.07, 6.45) is 1.55. The molecule has 0 atom stereocenters. The maximum absolute atomic E-state index is 11.7. The summed E-state index contributed by atoms with van der Waals surface area (Å²) in [5, 5.41) is 9.15. The van der Waals surface area contributed by atoms with Crippen molar-refractivity contribution in [2.45, 2.75) is 18.9 Å². The van der Waals surface area contributed by atoms with Gasteiger partial charge in [-0.25, -0.2) is 0 Å². The summed E-state index contributed by atoms with van der Waals surface area (Å²) in [6, 6.07) is 0. The van der Waals surface area contributed by atoms with Gasteiger partial charge in [-0.05, 0) is 18.8 Å². The summed E-state index contributed by atoms with van der Waals surface area (Å²) in [4.78, 5) is 13.4. The van der Waals surface area contributed by atoms with Gasteiger partial charge in [0.05, 0.1) is 18.5 Å². The molecular formula is C11H21NO3S. The standard InChI is InChI=1S/C11H21NO3S/c1-12(7-9-5-10(13)6-9)11(14)8-16-4-3-15-2/h9-10,13H,3-8H2,1-2H3. The van der Waals surface area contributed by atoms with Gasteiger partial charge in [-0.15, -0.1) is 11.8 Å². The van der Waals surface area contributed by atoms with Crippen LogP contribution in [0.1, 0.15) is 12.8 Å². The van der Waals surface area contributed by atoms with Crippen molar-refractivity contribution >= 4 is 17.7 Å². The number of hydrogen-bond donors (Lipinski definition) is 1. The maximum atomic E-state index is 11.7. The van der Waals surface area contributed by atoms with Gasteiger partial charge in [0, 0.05) is 26.5 Å². The van der Waals surface area contributed by atoms with E-state index in [1.54, 1.807) is 23.8 Å². The van der Waals surface area contributed by atoms with Crippen LogP contribution in [0.25, 0.3) is 0 Å². The van der Waals surface area contributed by atoms with Crippen LogP contribution in [0.15, 0.2) is 0 Å². The van der Waals surface area contributed by atoms with Crippen molar-refractivity contribution in [2.24, 2.45) is 5.92 Å². The molecule has 0 aromatic carbocycles. The Morgan fingerprint density at radius 3 is 2.81 bits per heavy atom. The SMILES string of the molecule is COCCSCC(=O)N(C)CC1CC(O)C1. The predicted octanol–water partition coefficient (Wildman–Crippen LogP) is 0.595. The Labute approximate surface area is 101 Å². The molecule has 0 aromatic rings. The number of hydrogen-bond acceptors (Lipinski definition) is 4. The van der Waals surface area contributed by atoms with E-state index in [0.29, 0.717) is 18.3 Å². The summed E-state index contributed by atoms with van der Waals surface area (Å²) >= 11 is 1.60. The molecule has 0 spiro atoms. The van der Waals surface area contributed by atoms with Crippen LogP contribution in [0.2, 0.25) is 0 Å². The smallest absolute Gasteiger partial charge is 0.232 e. The van der Waals surface area contributed by atoms with E-state index in [9.17, 15) is 4.79 Å². The minimum atomic E-state index is -0.135. The van der Waals surface area contributed by atoms with E-state index in [2.05, 4.69) is 0 Å². The van der Waals surface area contributed by atoms with Crippen LogP contribution < -0.4 is 0 Å². The van der Waals surface area contributed by atoms with E-state index in [-0.39, 0.29) is 12.0 Å². The minimum Gasteiger partial charge on any atom is -0.393 e. The van der Waals surface area contributed by atoms with Crippen LogP contribution >= 0.6 is 11.8 Å². The molecule has 1 amide bonds. The molecule has 1 N–H and O–H groups in total. The first-order valence-corrected chi connectivity index (χ1v) is 6.77. The molecule has 0 aliphatic heterocycles. The van der Waals surface area contributed by atoms with Gasteiger partial charge in [0.15, 0.2) is 0 Å². The molecule has 0 unspecified atom stereocenters. The van der Waals surface area contributed by atoms with Gasteiger partial charge >= 0.3 is 0 Å². The molecule has 16 heavy (non-hydrogen) atoms. The molecule has 1 aliphatic rings. The van der Waals surface area contributed by atoms with Crippen molar-refractivity contribution in [3.63, 3.8) is 0 Å². The fourth-order valence-electron chi connectivity index (χ4n) is 1.75. The fourth-order valence-corrected chi connectivity index (χ4v) is 2.57. The van der Waals surface area contributed by atoms with Crippen molar-refractivity contribution in [2.75, 3.05) is 38.8 Å². The van der Waals surface area contributed by atoms with Gasteiger partial charge < -0.3 is 14.7 Å². The molecule has 4 nitrogen and oxygen atoms in total. The maximum Gasteiger partial charge on any atom is 0.232 e. The van der Waals surface area contributed by atoms with Crippen molar-refractivity contribution in [3.05, 3.63) is 0 Å². The quantitative estimate of drug-likeness (QED) is 0.669. The van der Waals surface area contributed by atoms with Crippen LogP contribution in [0.5, 0.6) is 0 Å². The molecule has 1 rings (SSSR count). The predicted molar refractivity (Wildman–Crippen MR) is 65.6 cm³/mol. The number of aliphatic hydroxyl groups is 1. The third-order valence-electron chi connectivity index (χ3n) is 2.83. The highest BCUT2D eigenvalue weighted by molar-refractivity contribution is 7.99.